The van der Waals surface area contributed by atoms with Crippen LogP contribution in [0.5, 0.6) is 0 Å². The number of carbonyl (C=O) groups excluding carboxylic acids is 1. The Hall–Kier alpha value is -2.52. The highest BCUT2D eigenvalue weighted by atomic mass is 32.1. The Morgan fingerprint density at radius 3 is 2.73 bits per heavy atom. The third kappa shape index (κ3) is 6.87. The molecule has 1 fully saturated rings. The highest BCUT2D eigenvalue weighted by Crippen LogP contribution is 2.35. The Balaban J connectivity index is 1.04. The van der Waals surface area contributed by atoms with E-state index in [-0.39, 0.29) is 12.3 Å². The SMILES string of the molecule is O=C(CC1CCC(CCN2CCc3sc(NCCC(F)(F)F)nc3C2)CC1)c1cccc2ncccc12. The monoisotopic (exact) mass is 530 g/mol. The lowest BCUT2D eigenvalue weighted by atomic mass is 9.78. The zero-order chi connectivity index (χ0) is 25.8. The van der Waals surface area contributed by atoms with Crippen molar-refractivity contribution in [2.75, 3.05) is 25.0 Å². The van der Waals surface area contributed by atoms with E-state index in [1.54, 1.807) is 6.20 Å². The first-order valence-electron chi connectivity index (χ1n) is 13.2. The van der Waals surface area contributed by atoms with Gasteiger partial charge in [-0.3, -0.25) is 14.7 Å². The molecule has 2 aromatic heterocycles. The largest absolute Gasteiger partial charge is 0.390 e. The van der Waals surface area contributed by atoms with Gasteiger partial charge in [-0.25, -0.2) is 4.98 Å². The number of nitrogens with zero attached hydrogens (tertiary/aromatic N) is 3. The Morgan fingerprint density at radius 2 is 1.92 bits per heavy atom. The molecule has 9 heteroatoms. The van der Waals surface area contributed by atoms with Crippen LogP contribution in [0.4, 0.5) is 18.3 Å². The zero-order valence-electron chi connectivity index (χ0n) is 20.9. The minimum Gasteiger partial charge on any atom is -0.361 e. The second-order valence-electron chi connectivity index (χ2n) is 10.4. The van der Waals surface area contributed by atoms with Crippen molar-refractivity contribution in [3.05, 3.63) is 52.7 Å². The first kappa shape index (κ1) is 26.1. The summed E-state index contributed by atoms with van der Waals surface area (Å²) in [6, 6.07) is 9.65. The van der Waals surface area contributed by atoms with E-state index in [2.05, 4.69) is 20.2 Å². The van der Waals surface area contributed by atoms with Crippen molar-refractivity contribution in [3.63, 3.8) is 0 Å². The average Bonchev–Trinajstić information content (AvgIpc) is 3.29. The lowest BCUT2D eigenvalue weighted by Gasteiger charge is -2.31. The lowest BCUT2D eigenvalue weighted by Crippen LogP contribution is -2.32. The van der Waals surface area contributed by atoms with Crippen LogP contribution in [0.3, 0.4) is 0 Å². The number of rotatable bonds is 9. The molecule has 2 aliphatic rings. The zero-order valence-corrected chi connectivity index (χ0v) is 21.7. The molecule has 1 saturated carbocycles. The summed E-state index contributed by atoms with van der Waals surface area (Å²) in [5.41, 5.74) is 2.67. The highest BCUT2D eigenvalue weighted by Gasteiger charge is 2.28. The molecule has 198 valence electrons. The molecule has 5 nitrogen and oxygen atoms in total. The summed E-state index contributed by atoms with van der Waals surface area (Å²) in [7, 11) is 0. The molecule has 0 unspecified atom stereocenters. The van der Waals surface area contributed by atoms with E-state index in [9.17, 15) is 18.0 Å². The summed E-state index contributed by atoms with van der Waals surface area (Å²) in [6.45, 7) is 2.63. The second-order valence-corrected chi connectivity index (χ2v) is 11.5. The van der Waals surface area contributed by atoms with Gasteiger partial charge in [0.15, 0.2) is 10.9 Å². The lowest BCUT2D eigenvalue weighted by molar-refractivity contribution is -0.131. The van der Waals surface area contributed by atoms with Crippen LogP contribution in [-0.2, 0) is 13.0 Å². The van der Waals surface area contributed by atoms with Crippen LogP contribution in [0, 0.1) is 11.8 Å². The van der Waals surface area contributed by atoms with E-state index in [4.69, 9.17) is 0 Å². The van der Waals surface area contributed by atoms with Gasteiger partial charge in [-0.1, -0.05) is 31.0 Å². The Kier molecular flexibility index (Phi) is 8.09. The van der Waals surface area contributed by atoms with Gasteiger partial charge in [0.05, 0.1) is 17.6 Å². The number of halogens is 3. The number of pyridine rings is 1. The molecule has 0 saturated heterocycles. The summed E-state index contributed by atoms with van der Waals surface area (Å²) < 4.78 is 37.2. The molecule has 1 N–H and O–H groups in total. The quantitative estimate of drug-likeness (QED) is 0.306. The maximum absolute atomic E-state index is 13.1. The number of thiazole rings is 1. The topological polar surface area (TPSA) is 58.1 Å². The van der Waals surface area contributed by atoms with Crippen LogP contribution in [-0.4, -0.2) is 46.5 Å². The maximum Gasteiger partial charge on any atom is 0.390 e. The van der Waals surface area contributed by atoms with E-state index in [1.807, 2.05) is 30.3 Å². The van der Waals surface area contributed by atoms with Crippen LogP contribution >= 0.6 is 11.3 Å². The first-order valence-corrected chi connectivity index (χ1v) is 14.0. The number of hydrogen-bond acceptors (Lipinski definition) is 6. The molecule has 37 heavy (non-hydrogen) atoms. The first-order chi connectivity index (χ1) is 17.8. The normalized spacial score (nSPS) is 20.6. The number of nitrogens with one attached hydrogen (secondary N) is 1. The van der Waals surface area contributed by atoms with Crippen molar-refractivity contribution < 1.29 is 18.0 Å². The summed E-state index contributed by atoms with van der Waals surface area (Å²) in [5.74, 6) is 1.36. The minimum absolute atomic E-state index is 0.132. The van der Waals surface area contributed by atoms with Crippen molar-refractivity contribution in [1.29, 1.82) is 0 Å². The molecule has 1 aromatic carbocycles. The number of carbonyl (C=O) groups is 1. The average molecular weight is 531 g/mol. The highest BCUT2D eigenvalue weighted by molar-refractivity contribution is 7.15. The molecule has 0 spiro atoms. The third-order valence-corrected chi connectivity index (χ3v) is 8.85. The van der Waals surface area contributed by atoms with Gasteiger partial charge in [0.25, 0.3) is 0 Å². The van der Waals surface area contributed by atoms with Gasteiger partial charge in [-0.2, -0.15) is 13.2 Å². The number of fused-ring (bicyclic) bond motifs is 2. The van der Waals surface area contributed by atoms with Gasteiger partial charge >= 0.3 is 6.18 Å². The molecular weight excluding hydrogens is 497 g/mol. The second kappa shape index (κ2) is 11.5. The summed E-state index contributed by atoms with van der Waals surface area (Å²) >= 11 is 1.49. The Bertz CT molecular complexity index is 1210. The Morgan fingerprint density at radius 1 is 1.11 bits per heavy atom. The molecule has 1 aliphatic carbocycles. The number of hydrogen-bond donors (Lipinski definition) is 1. The van der Waals surface area contributed by atoms with E-state index in [0.29, 0.717) is 23.4 Å². The van der Waals surface area contributed by atoms with Gasteiger partial charge in [0, 0.05) is 48.1 Å². The number of anilines is 1. The number of ketones is 1. The molecule has 0 amide bonds. The van der Waals surface area contributed by atoms with E-state index in [0.717, 1.165) is 80.3 Å². The number of Topliss-reactive ketones (excluding diaryl/α,β-unsaturated/α-hetero) is 1. The van der Waals surface area contributed by atoms with Crippen molar-refractivity contribution >= 4 is 33.2 Å². The van der Waals surface area contributed by atoms with Crippen LogP contribution in [0.2, 0.25) is 0 Å². The van der Waals surface area contributed by atoms with Gasteiger partial charge in [0.1, 0.15) is 0 Å². The standard InChI is InChI=1S/C28H33F3N4OS/c29-28(30,31)12-14-33-27-34-24-18-35(16-11-26(24)37-27)15-10-19-6-8-20(9-7-19)17-25(36)22-3-1-5-23-21(22)4-2-13-32-23/h1-5,13,19-20H,6-12,14-18H2,(H,33,34). The van der Waals surface area contributed by atoms with Gasteiger partial charge in [-0.05, 0) is 56.2 Å². The molecule has 5 rings (SSSR count). The maximum atomic E-state index is 13.1. The fourth-order valence-electron chi connectivity index (χ4n) is 5.64. The van der Waals surface area contributed by atoms with E-state index in [1.165, 1.54) is 16.2 Å². The van der Waals surface area contributed by atoms with Gasteiger partial charge in [0.2, 0.25) is 0 Å². The van der Waals surface area contributed by atoms with Crippen molar-refractivity contribution in [3.8, 4) is 0 Å². The van der Waals surface area contributed by atoms with Crippen molar-refractivity contribution in [1.82, 2.24) is 14.9 Å². The summed E-state index contributed by atoms with van der Waals surface area (Å²) in [5, 5.41) is 4.38. The molecule has 3 aromatic rings. The summed E-state index contributed by atoms with van der Waals surface area (Å²) in [4.78, 5) is 25.6. The van der Waals surface area contributed by atoms with E-state index < -0.39 is 12.6 Å². The van der Waals surface area contributed by atoms with Crippen molar-refractivity contribution in [2.45, 2.75) is 64.1 Å². The van der Waals surface area contributed by atoms with Crippen LogP contribution < -0.4 is 5.32 Å². The minimum atomic E-state index is -4.15. The predicted molar refractivity (Wildman–Crippen MR) is 141 cm³/mol. The molecule has 0 bridgehead atoms. The number of benzene rings is 1. The number of aromatic nitrogens is 2. The number of alkyl halides is 3. The van der Waals surface area contributed by atoms with Crippen LogP contribution in [0.1, 0.15) is 65.9 Å². The molecule has 0 atom stereocenters. The van der Waals surface area contributed by atoms with Crippen LogP contribution in [0.25, 0.3) is 10.9 Å². The fraction of sp³-hybridized carbons (Fsp3) is 0.536. The van der Waals surface area contributed by atoms with E-state index >= 15 is 0 Å². The molecule has 0 radical (unpaired) electrons. The molecule has 3 heterocycles. The Labute approximate surface area is 219 Å². The fourth-order valence-corrected chi connectivity index (χ4v) is 6.62. The summed E-state index contributed by atoms with van der Waals surface area (Å²) in [6.07, 6.45) is 3.96. The van der Waals surface area contributed by atoms with Gasteiger partial charge < -0.3 is 5.32 Å². The third-order valence-electron chi connectivity index (χ3n) is 7.73. The van der Waals surface area contributed by atoms with Crippen LogP contribution in [0.15, 0.2) is 36.5 Å². The van der Waals surface area contributed by atoms with Gasteiger partial charge in [-0.15, -0.1) is 11.3 Å². The molecular formula is C28H33F3N4OS. The predicted octanol–water partition coefficient (Wildman–Crippen LogP) is 6.88. The smallest absolute Gasteiger partial charge is 0.361 e. The van der Waals surface area contributed by atoms with Crippen molar-refractivity contribution in [2.24, 2.45) is 11.8 Å². The molecule has 1 aliphatic heterocycles.